The number of benzene rings is 1. The molecule has 4 heteroatoms. The largest absolute Gasteiger partial charge is 0.323 e. The highest BCUT2D eigenvalue weighted by Gasteiger charge is 2.32. The van der Waals surface area contributed by atoms with Crippen molar-refractivity contribution >= 4 is 23.5 Å². The molecule has 0 aromatic heterocycles. The SMILES string of the molecule is CCC1SCCSC1C(N)c1cc(C)ccc1F. The molecular weight excluding hydrogens is 265 g/mol. The molecule has 0 radical (unpaired) electrons. The molecule has 3 atom stereocenters. The van der Waals surface area contributed by atoms with Crippen LogP contribution >= 0.6 is 23.5 Å². The van der Waals surface area contributed by atoms with Gasteiger partial charge >= 0.3 is 0 Å². The lowest BCUT2D eigenvalue weighted by Crippen LogP contribution is -2.36. The van der Waals surface area contributed by atoms with Gasteiger partial charge in [0.2, 0.25) is 0 Å². The smallest absolute Gasteiger partial charge is 0.128 e. The first kappa shape index (κ1) is 14.2. The van der Waals surface area contributed by atoms with Crippen LogP contribution in [0.25, 0.3) is 0 Å². The van der Waals surface area contributed by atoms with Crippen LogP contribution < -0.4 is 5.73 Å². The van der Waals surface area contributed by atoms with Crippen molar-refractivity contribution in [3.8, 4) is 0 Å². The first-order valence-electron chi connectivity index (χ1n) is 6.38. The Balaban J connectivity index is 2.23. The molecular formula is C14H20FNS2. The fraction of sp³-hybridized carbons (Fsp3) is 0.571. The van der Waals surface area contributed by atoms with Crippen LogP contribution in [-0.4, -0.2) is 22.0 Å². The van der Waals surface area contributed by atoms with Gasteiger partial charge in [-0.05, 0) is 19.4 Å². The Labute approximate surface area is 117 Å². The van der Waals surface area contributed by atoms with Crippen molar-refractivity contribution < 1.29 is 4.39 Å². The van der Waals surface area contributed by atoms with Crippen LogP contribution in [0.15, 0.2) is 18.2 Å². The quantitative estimate of drug-likeness (QED) is 0.915. The van der Waals surface area contributed by atoms with Gasteiger partial charge in [-0.2, -0.15) is 23.5 Å². The summed E-state index contributed by atoms with van der Waals surface area (Å²) < 4.78 is 13.9. The molecule has 18 heavy (non-hydrogen) atoms. The second kappa shape index (κ2) is 6.31. The van der Waals surface area contributed by atoms with Gasteiger partial charge in [0.15, 0.2) is 0 Å². The highest BCUT2D eigenvalue weighted by molar-refractivity contribution is 8.07. The molecule has 1 aromatic carbocycles. The molecule has 2 rings (SSSR count). The molecule has 3 unspecified atom stereocenters. The van der Waals surface area contributed by atoms with Crippen LogP contribution in [0.1, 0.15) is 30.5 Å². The molecule has 1 aliphatic heterocycles. The summed E-state index contributed by atoms with van der Waals surface area (Å²) in [6.07, 6.45) is 1.10. The summed E-state index contributed by atoms with van der Waals surface area (Å²) in [7, 11) is 0. The average Bonchev–Trinajstić information content (AvgIpc) is 2.40. The van der Waals surface area contributed by atoms with Crippen LogP contribution in [-0.2, 0) is 0 Å². The fourth-order valence-corrected chi connectivity index (χ4v) is 5.54. The van der Waals surface area contributed by atoms with Gasteiger partial charge in [-0.15, -0.1) is 0 Å². The number of hydrogen-bond donors (Lipinski definition) is 1. The van der Waals surface area contributed by atoms with Crippen molar-refractivity contribution in [3.05, 3.63) is 35.1 Å². The lowest BCUT2D eigenvalue weighted by Gasteiger charge is -2.34. The van der Waals surface area contributed by atoms with Gasteiger partial charge in [0, 0.05) is 33.6 Å². The molecule has 0 saturated carbocycles. The van der Waals surface area contributed by atoms with E-state index in [1.54, 1.807) is 6.07 Å². The highest BCUT2D eigenvalue weighted by Crippen LogP contribution is 2.39. The zero-order valence-electron chi connectivity index (χ0n) is 10.9. The Bertz CT molecular complexity index is 411. The maximum Gasteiger partial charge on any atom is 0.128 e. The Morgan fingerprint density at radius 3 is 2.83 bits per heavy atom. The van der Waals surface area contributed by atoms with E-state index in [1.807, 2.05) is 36.5 Å². The predicted octanol–water partition coefficient (Wildman–Crippen LogP) is 3.76. The minimum absolute atomic E-state index is 0.167. The number of thioether (sulfide) groups is 2. The van der Waals surface area contributed by atoms with E-state index in [2.05, 4.69) is 6.92 Å². The molecule has 0 bridgehead atoms. The van der Waals surface area contributed by atoms with Crippen LogP contribution in [0, 0.1) is 12.7 Å². The van der Waals surface area contributed by atoms with Crippen LogP contribution in [0.3, 0.4) is 0 Å². The van der Waals surface area contributed by atoms with Gasteiger partial charge in [0.25, 0.3) is 0 Å². The van der Waals surface area contributed by atoms with Gasteiger partial charge in [-0.3, -0.25) is 0 Å². The van der Waals surface area contributed by atoms with Crippen LogP contribution in [0.4, 0.5) is 4.39 Å². The molecule has 0 aliphatic carbocycles. The Hall–Kier alpha value is -0.190. The predicted molar refractivity (Wildman–Crippen MR) is 80.8 cm³/mol. The molecule has 1 fully saturated rings. The summed E-state index contributed by atoms with van der Waals surface area (Å²) in [4.78, 5) is 0. The third kappa shape index (κ3) is 3.03. The summed E-state index contributed by atoms with van der Waals surface area (Å²) in [5.74, 6) is 2.13. The van der Waals surface area contributed by atoms with Gasteiger partial charge in [-0.1, -0.05) is 24.6 Å². The number of halogens is 1. The molecule has 0 spiro atoms. The maximum atomic E-state index is 13.9. The van der Waals surface area contributed by atoms with Crippen molar-refractivity contribution in [2.24, 2.45) is 5.73 Å². The van der Waals surface area contributed by atoms with E-state index in [0.29, 0.717) is 16.1 Å². The normalized spacial score (nSPS) is 26.0. The molecule has 0 amide bonds. The monoisotopic (exact) mass is 285 g/mol. The molecule has 1 aromatic rings. The zero-order chi connectivity index (χ0) is 13.1. The lowest BCUT2D eigenvalue weighted by molar-refractivity contribution is 0.559. The van der Waals surface area contributed by atoms with Gasteiger partial charge < -0.3 is 5.73 Å². The molecule has 100 valence electrons. The van der Waals surface area contributed by atoms with Crippen molar-refractivity contribution in [1.29, 1.82) is 0 Å². The van der Waals surface area contributed by atoms with Gasteiger partial charge in [0.05, 0.1) is 0 Å². The van der Waals surface area contributed by atoms with E-state index in [0.717, 1.165) is 17.7 Å². The van der Waals surface area contributed by atoms with Crippen molar-refractivity contribution in [2.45, 2.75) is 36.8 Å². The van der Waals surface area contributed by atoms with E-state index in [1.165, 1.54) is 11.8 Å². The second-order valence-electron chi connectivity index (χ2n) is 4.70. The summed E-state index contributed by atoms with van der Waals surface area (Å²) in [5.41, 5.74) is 8.08. The molecule has 1 heterocycles. The summed E-state index contributed by atoms with van der Waals surface area (Å²) >= 11 is 3.88. The topological polar surface area (TPSA) is 26.0 Å². The molecule has 2 N–H and O–H groups in total. The third-order valence-corrected chi connectivity index (χ3v) is 6.73. The van der Waals surface area contributed by atoms with Gasteiger partial charge in [0.1, 0.15) is 5.82 Å². The second-order valence-corrected chi connectivity index (χ2v) is 7.34. The minimum Gasteiger partial charge on any atom is -0.323 e. The first-order chi connectivity index (χ1) is 8.63. The minimum atomic E-state index is -0.201. The van der Waals surface area contributed by atoms with Crippen molar-refractivity contribution in [2.75, 3.05) is 11.5 Å². The first-order valence-corrected chi connectivity index (χ1v) is 8.48. The Morgan fingerprint density at radius 2 is 2.11 bits per heavy atom. The van der Waals surface area contributed by atoms with Gasteiger partial charge in [-0.25, -0.2) is 4.39 Å². The Morgan fingerprint density at radius 1 is 1.39 bits per heavy atom. The summed E-state index contributed by atoms with van der Waals surface area (Å²) in [6, 6.07) is 5.03. The highest BCUT2D eigenvalue weighted by atomic mass is 32.2. The number of nitrogens with two attached hydrogens (primary N) is 1. The number of rotatable bonds is 3. The van der Waals surface area contributed by atoms with Crippen LogP contribution in [0.2, 0.25) is 0 Å². The molecule has 1 saturated heterocycles. The summed E-state index contributed by atoms with van der Waals surface area (Å²) in [6.45, 7) is 4.17. The van der Waals surface area contributed by atoms with E-state index >= 15 is 0 Å². The summed E-state index contributed by atoms with van der Waals surface area (Å²) in [5, 5.41) is 0.865. The standard InChI is InChI=1S/C14H20FNS2/c1-3-12-14(18-7-6-17-12)13(16)10-8-9(2)4-5-11(10)15/h4-5,8,12-14H,3,6-7,16H2,1-2H3. The average molecular weight is 285 g/mol. The fourth-order valence-electron chi connectivity index (χ4n) is 2.37. The third-order valence-electron chi connectivity index (χ3n) is 3.36. The molecule has 1 nitrogen and oxygen atoms in total. The maximum absolute atomic E-state index is 13.9. The lowest BCUT2D eigenvalue weighted by atomic mass is 9.99. The van der Waals surface area contributed by atoms with E-state index in [-0.39, 0.29) is 11.9 Å². The number of hydrogen-bond acceptors (Lipinski definition) is 3. The van der Waals surface area contributed by atoms with Crippen molar-refractivity contribution in [3.63, 3.8) is 0 Å². The van der Waals surface area contributed by atoms with Crippen molar-refractivity contribution in [1.82, 2.24) is 0 Å². The zero-order valence-corrected chi connectivity index (χ0v) is 12.5. The van der Waals surface area contributed by atoms with E-state index < -0.39 is 0 Å². The number of aryl methyl sites for hydroxylation is 1. The Kier molecular flexibility index (Phi) is 4.98. The van der Waals surface area contributed by atoms with Crippen LogP contribution in [0.5, 0.6) is 0 Å². The van der Waals surface area contributed by atoms with E-state index in [9.17, 15) is 4.39 Å². The molecule has 1 aliphatic rings. The van der Waals surface area contributed by atoms with E-state index in [4.69, 9.17) is 5.73 Å².